The van der Waals surface area contributed by atoms with Crippen molar-refractivity contribution in [3.63, 3.8) is 0 Å². The van der Waals surface area contributed by atoms with Gasteiger partial charge in [-0.15, -0.1) is 5.10 Å². The van der Waals surface area contributed by atoms with Crippen LogP contribution < -0.4 is 5.73 Å². The lowest BCUT2D eigenvalue weighted by Crippen LogP contribution is -2.05. The molecular formula is C14H11BrFN5. The minimum atomic E-state index is -0.415. The number of rotatable bonds is 3. The first-order valence-corrected chi connectivity index (χ1v) is 6.98. The van der Waals surface area contributed by atoms with E-state index in [1.807, 2.05) is 24.3 Å². The molecule has 1 heterocycles. The Morgan fingerprint density at radius 1 is 1.19 bits per heavy atom. The third kappa shape index (κ3) is 3.08. The number of hydrogen-bond acceptors (Lipinski definition) is 4. The van der Waals surface area contributed by atoms with Gasteiger partial charge in [-0.2, -0.15) is 0 Å². The molecule has 3 rings (SSSR count). The first-order chi connectivity index (χ1) is 10.1. The zero-order valence-corrected chi connectivity index (χ0v) is 12.5. The van der Waals surface area contributed by atoms with Gasteiger partial charge in [-0.05, 0) is 46.3 Å². The molecule has 0 bridgehead atoms. The van der Waals surface area contributed by atoms with Crippen molar-refractivity contribution in [2.24, 2.45) is 0 Å². The zero-order chi connectivity index (χ0) is 14.8. The van der Waals surface area contributed by atoms with Gasteiger partial charge >= 0.3 is 0 Å². The molecular weight excluding hydrogens is 337 g/mol. The highest BCUT2D eigenvalue weighted by Gasteiger charge is 2.11. The molecule has 0 saturated heterocycles. The molecule has 0 fully saturated rings. The van der Waals surface area contributed by atoms with Gasteiger partial charge in [0.25, 0.3) is 0 Å². The van der Waals surface area contributed by atoms with Crippen molar-refractivity contribution < 1.29 is 4.39 Å². The largest absolute Gasteiger partial charge is 0.399 e. The summed E-state index contributed by atoms with van der Waals surface area (Å²) in [6, 6.07) is 12.1. The van der Waals surface area contributed by atoms with Gasteiger partial charge in [0.05, 0.1) is 6.54 Å². The van der Waals surface area contributed by atoms with Gasteiger partial charge in [0, 0.05) is 15.7 Å². The number of halogens is 2. The van der Waals surface area contributed by atoms with Crippen LogP contribution in [0.2, 0.25) is 0 Å². The van der Waals surface area contributed by atoms with E-state index in [1.54, 1.807) is 10.7 Å². The summed E-state index contributed by atoms with van der Waals surface area (Å²) in [7, 11) is 0. The second-order valence-electron chi connectivity index (χ2n) is 4.56. The lowest BCUT2D eigenvalue weighted by Gasteiger charge is -2.06. The summed E-state index contributed by atoms with van der Waals surface area (Å²) in [4.78, 5) is 0. The maximum absolute atomic E-state index is 13.5. The van der Waals surface area contributed by atoms with Crippen molar-refractivity contribution in [3.8, 4) is 11.4 Å². The summed E-state index contributed by atoms with van der Waals surface area (Å²) in [6.45, 7) is 0.484. The molecule has 0 aliphatic heterocycles. The molecule has 3 aromatic rings. The SMILES string of the molecule is Nc1cc(F)cc(-c2nnnn2Cc2cccc(Br)c2)c1. The van der Waals surface area contributed by atoms with Crippen molar-refractivity contribution in [2.45, 2.75) is 6.54 Å². The Bertz CT molecular complexity index is 766. The average molecular weight is 348 g/mol. The maximum Gasteiger partial charge on any atom is 0.182 e. The standard InChI is InChI=1S/C14H11BrFN5/c15-11-3-1-2-9(4-11)8-21-14(18-19-20-21)10-5-12(16)7-13(17)6-10/h1-7H,8,17H2. The summed E-state index contributed by atoms with van der Waals surface area (Å²) >= 11 is 3.42. The number of aromatic nitrogens is 4. The second-order valence-corrected chi connectivity index (χ2v) is 5.48. The molecule has 2 N–H and O–H groups in total. The Hall–Kier alpha value is -2.28. The van der Waals surface area contributed by atoms with Gasteiger partial charge < -0.3 is 5.73 Å². The highest BCUT2D eigenvalue weighted by molar-refractivity contribution is 9.10. The molecule has 0 spiro atoms. The van der Waals surface area contributed by atoms with Crippen LogP contribution >= 0.6 is 15.9 Å². The summed E-state index contributed by atoms with van der Waals surface area (Å²) in [5.41, 5.74) is 7.58. The van der Waals surface area contributed by atoms with Crippen molar-refractivity contribution in [1.82, 2.24) is 20.2 Å². The first kappa shape index (κ1) is 13.7. The molecule has 2 aromatic carbocycles. The number of tetrazole rings is 1. The van der Waals surface area contributed by atoms with Crippen LogP contribution in [0.25, 0.3) is 11.4 Å². The van der Waals surface area contributed by atoms with E-state index in [0.29, 0.717) is 23.6 Å². The number of nitrogen functional groups attached to an aromatic ring is 1. The van der Waals surface area contributed by atoms with Crippen LogP contribution in [-0.4, -0.2) is 20.2 Å². The quantitative estimate of drug-likeness (QED) is 0.739. The summed E-state index contributed by atoms with van der Waals surface area (Å²) in [5.74, 6) is 0.0585. The molecule has 5 nitrogen and oxygen atoms in total. The van der Waals surface area contributed by atoms with Crippen LogP contribution in [0.1, 0.15) is 5.56 Å². The molecule has 7 heteroatoms. The minimum Gasteiger partial charge on any atom is -0.399 e. The van der Waals surface area contributed by atoms with Gasteiger partial charge in [0.2, 0.25) is 0 Å². The van der Waals surface area contributed by atoms with Crippen molar-refractivity contribution in [1.29, 1.82) is 0 Å². The molecule has 0 aliphatic rings. The Balaban J connectivity index is 1.97. The monoisotopic (exact) mass is 347 g/mol. The fraction of sp³-hybridized carbons (Fsp3) is 0.0714. The number of anilines is 1. The van der Waals surface area contributed by atoms with E-state index in [0.717, 1.165) is 10.0 Å². The fourth-order valence-corrected chi connectivity index (χ4v) is 2.51. The van der Waals surface area contributed by atoms with Crippen LogP contribution in [-0.2, 0) is 6.54 Å². The number of nitrogens with zero attached hydrogens (tertiary/aromatic N) is 4. The Labute approximate surface area is 128 Å². The molecule has 0 atom stereocenters. The highest BCUT2D eigenvalue weighted by Crippen LogP contribution is 2.21. The fourth-order valence-electron chi connectivity index (χ4n) is 2.07. The lowest BCUT2D eigenvalue weighted by molar-refractivity contribution is 0.627. The van der Waals surface area contributed by atoms with E-state index in [4.69, 9.17) is 5.73 Å². The summed E-state index contributed by atoms with van der Waals surface area (Å²) < 4.78 is 16.1. The van der Waals surface area contributed by atoms with E-state index in [-0.39, 0.29) is 0 Å². The molecule has 0 amide bonds. The molecule has 21 heavy (non-hydrogen) atoms. The highest BCUT2D eigenvalue weighted by atomic mass is 79.9. The number of hydrogen-bond donors (Lipinski definition) is 1. The van der Waals surface area contributed by atoms with Crippen LogP contribution in [0.4, 0.5) is 10.1 Å². The topological polar surface area (TPSA) is 69.6 Å². The zero-order valence-electron chi connectivity index (χ0n) is 10.9. The van der Waals surface area contributed by atoms with Gasteiger partial charge in [-0.25, -0.2) is 9.07 Å². The summed E-state index contributed by atoms with van der Waals surface area (Å²) in [5, 5.41) is 11.6. The van der Waals surface area contributed by atoms with Crippen molar-refractivity contribution in [3.05, 3.63) is 58.3 Å². The third-order valence-electron chi connectivity index (χ3n) is 2.93. The number of benzene rings is 2. The van der Waals surface area contributed by atoms with E-state index < -0.39 is 5.82 Å². The lowest BCUT2D eigenvalue weighted by atomic mass is 10.1. The molecule has 0 saturated carbocycles. The number of nitrogens with two attached hydrogens (primary N) is 1. The van der Waals surface area contributed by atoms with Gasteiger partial charge in [-0.1, -0.05) is 28.1 Å². The van der Waals surface area contributed by atoms with E-state index in [2.05, 4.69) is 31.5 Å². The average Bonchev–Trinajstić information content (AvgIpc) is 2.85. The molecule has 1 aromatic heterocycles. The van der Waals surface area contributed by atoms with Crippen molar-refractivity contribution in [2.75, 3.05) is 5.73 Å². The van der Waals surface area contributed by atoms with Crippen LogP contribution in [0.3, 0.4) is 0 Å². The van der Waals surface area contributed by atoms with E-state index in [9.17, 15) is 4.39 Å². The Kier molecular flexibility index (Phi) is 3.66. The Morgan fingerprint density at radius 3 is 2.81 bits per heavy atom. The third-order valence-corrected chi connectivity index (χ3v) is 3.42. The molecule has 0 radical (unpaired) electrons. The van der Waals surface area contributed by atoms with Crippen LogP contribution in [0.5, 0.6) is 0 Å². The Morgan fingerprint density at radius 2 is 2.05 bits per heavy atom. The van der Waals surface area contributed by atoms with Gasteiger partial charge in [-0.3, -0.25) is 0 Å². The molecule has 106 valence electrons. The summed E-state index contributed by atoms with van der Waals surface area (Å²) in [6.07, 6.45) is 0. The predicted octanol–water partition coefficient (Wildman–Crippen LogP) is 2.87. The van der Waals surface area contributed by atoms with E-state index in [1.165, 1.54) is 12.1 Å². The second kappa shape index (κ2) is 5.61. The maximum atomic E-state index is 13.5. The smallest absolute Gasteiger partial charge is 0.182 e. The predicted molar refractivity (Wildman–Crippen MR) is 80.9 cm³/mol. The van der Waals surface area contributed by atoms with Crippen LogP contribution in [0.15, 0.2) is 46.9 Å². The van der Waals surface area contributed by atoms with Crippen molar-refractivity contribution >= 4 is 21.6 Å². The van der Waals surface area contributed by atoms with Gasteiger partial charge in [0.15, 0.2) is 5.82 Å². The van der Waals surface area contributed by atoms with Crippen LogP contribution in [0, 0.1) is 5.82 Å². The molecule has 0 aliphatic carbocycles. The normalized spacial score (nSPS) is 10.8. The molecule has 0 unspecified atom stereocenters. The first-order valence-electron chi connectivity index (χ1n) is 6.19. The van der Waals surface area contributed by atoms with Gasteiger partial charge in [0.1, 0.15) is 5.82 Å². The van der Waals surface area contributed by atoms with E-state index >= 15 is 0 Å². The minimum absolute atomic E-state index is 0.335.